The molecule has 4 rings (SSSR count). The van der Waals surface area contributed by atoms with Crippen LogP contribution >= 0.6 is 35.6 Å². The smallest absolute Gasteiger partial charge is 0.374 e. The predicted molar refractivity (Wildman–Crippen MR) is 165 cm³/mol. The molecule has 0 bridgehead atoms. The van der Waals surface area contributed by atoms with Crippen LogP contribution in [0.4, 0.5) is 0 Å². The molecule has 0 saturated carbocycles. The summed E-state index contributed by atoms with van der Waals surface area (Å²) in [5, 5.41) is 19.6. The number of halogens is 3. The molecular weight excluding hydrogens is 603 g/mol. The number of aliphatic hydroxyl groups excluding tert-OH is 1. The van der Waals surface area contributed by atoms with Gasteiger partial charge in [-0.05, 0) is 51.0 Å². The van der Waals surface area contributed by atoms with Gasteiger partial charge >= 0.3 is 5.97 Å². The fourth-order valence-corrected chi connectivity index (χ4v) is 4.35. The van der Waals surface area contributed by atoms with E-state index >= 15 is 0 Å². The van der Waals surface area contributed by atoms with E-state index in [1.807, 2.05) is 63.2 Å². The maximum Gasteiger partial charge on any atom is 0.374 e. The lowest BCUT2D eigenvalue weighted by Gasteiger charge is -2.13. The fourth-order valence-electron chi connectivity index (χ4n) is 3.95. The molecule has 0 fully saturated rings. The van der Waals surface area contributed by atoms with Gasteiger partial charge in [-0.25, -0.2) is 14.8 Å². The van der Waals surface area contributed by atoms with Crippen LogP contribution in [0.15, 0.2) is 48.5 Å². The Kier molecular flexibility index (Phi) is 13.9. The Bertz CT molecular complexity index is 1500. The van der Waals surface area contributed by atoms with Gasteiger partial charge in [0.15, 0.2) is 5.82 Å². The Hall–Kier alpha value is -3.50. The number of hydrogen-bond acceptors (Lipinski definition) is 8. The second-order valence-corrected chi connectivity index (χ2v) is 9.61. The van der Waals surface area contributed by atoms with Gasteiger partial charge in [0, 0.05) is 45.4 Å². The number of ether oxygens (including phenoxy) is 2. The number of carboxylic acid groups (broad SMARTS) is 1. The Labute approximate surface area is 261 Å². The van der Waals surface area contributed by atoms with Crippen LogP contribution in [-0.2, 0) is 19.4 Å². The Morgan fingerprint density at radius 1 is 0.762 bits per heavy atom. The number of aromatic nitrogens is 4. The molecule has 0 spiro atoms. The Morgan fingerprint density at radius 3 is 1.64 bits per heavy atom. The van der Waals surface area contributed by atoms with Crippen molar-refractivity contribution in [2.24, 2.45) is 0 Å². The minimum Gasteiger partial charge on any atom is -0.478 e. The van der Waals surface area contributed by atoms with E-state index in [0.717, 1.165) is 27.9 Å². The van der Waals surface area contributed by atoms with E-state index in [4.69, 9.17) is 37.8 Å². The second kappa shape index (κ2) is 16.8. The highest BCUT2D eigenvalue weighted by Gasteiger charge is 2.18. The van der Waals surface area contributed by atoms with Crippen molar-refractivity contribution >= 4 is 41.6 Å². The lowest BCUT2D eigenvalue weighted by atomic mass is 10.0. The molecule has 0 atom stereocenters. The molecule has 2 aromatic heterocycles. The zero-order chi connectivity index (χ0) is 29.9. The van der Waals surface area contributed by atoms with Crippen LogP contribution in [-0.4, -0.2) is 49.3 Å². The first-order chi connectivity index (χ1) is 19.7. The molecule has 42 heavy (non-hydrogen) atoms. The van der Waals surface area contributed by atoms with Crippen LogP contribution in [0.5, 0.6) is 11.8 Å². The predicted octanol–water partition coefficient (Wildman–Crippen LogP) is 6.47. The number of carboxylic acids is 1. The molecule has 0 unspecified atom stereocenters. The van der Waals surface area contributed by atoms with E-state index in [9.17, 15) is 9.90 Å². The highest BCUT2D eigenvalue weighted by atomic mass is 35.5. The lowest BCUT2D eigenvalue weighted by molar-refractivity contribution is 0.0681. The van der Waals surface area contributed by atoms with Crippen molar-refractivity contribution in [1.82, 2.24) is 19.9 Å². The molecule has 0 saturated heterocycles. The number of benzene rings is 2. The maximum atomic E-state index is 11.0. The normalized spacial score (nSPS) is 10.3. The third-order valence-electron chi connectivity index (χ3n) is 5.94. The largest absolute Gasteiger partial charge is 0.478 e. The van der Waals surface area contributed by atoms with Gasteiger partial charge in [0.2, 0.25) is 17.6 Å². The van der Waals surface area contributed by atoms with Crippen LogP contribution < -0.4 is 9.47 Å². The molecule has 0 radical (unpaired) electrons. The number of hydrogen-bond donors (Lipinski definition) is 2. The van der Waals surface area contributed by atoms with Gasteiger partial charge < -0.3 is 19.7 Å². The van der Waals surface area contributed by atoms with Gasteiger partial charge in [-0.3, -0.25) is 0 Å². The average Bonchev–Trinajstić information content (AvgIpc) is 2.94. The third-order valence-corrected chi connectivity index (χ3v) is 6.68. The minimum absolute atomic E-state index is 0. The highest BCUT2D eigenvalue weighted by molar-refractivity contribution is 6.31. The summed E-state index contributed by atoms with van der Waals surface area (Å²) in [7, 11) is 0. The van der Waals surface area contributed by atoms with E-state index in [-0.39, 0.29) is 24.8 Å². The van der Waals surface area contributed by atoms with Gasteiger partial charge in [0.05, 0.1) is 13.2 Å². The molecule has 224 valence electrons. The maximum absolute atomic E-state index is 11.0. The molecule has 2 N–H and O–H groups in total. The monoisotopic (exact) mass is 634 g/mol. The fraction of sp³-hybridized carbons (Fsp3) is 0.300. The molecule has 0 amide bonds. The van der Waals surface area contributed by atoms with Gasteiger partial charge in [0.1, 0.15) is 6.61 Å². The molecule has 4 aromatic rings. The van der Waals surface area contributed by atoms with Gasteiger partial charge in [-0.2, -0.15) is 9.97 Å². The molecule has 0 aliphatic rings. The molecule has 2 aromatic carbocycles. The number of carbonyl (C=O) groups is 1. The first-order valence-corrected chi connectivity index (χ1v) is 13.7. The Balaban J connectivity index is 0.000000287. The molecule has 2 heterocycles. The SMILES string of the molecule is CCOc1nc(C(=O)O)nc(C)c1Cc1ccccc1Cl.CCOc1nc(CO)nc(C)c1Cc1ccccc1Cl.Cl. The van der Waals surface area contributed by atoms with Crippen molar-refractivity contribution in [3.8, 4) is 11.8 Å². The van der Waals surface area contributed by atoms with Gasteiger partial charge in [-0.15, -0.1) is 12.4 Å². The van der Waals surface area contributed by atoms with Crippen molar-refractivity contribution in [3.05, 3.63) is 104 Å². The number of aliphatic hydroxyl groups is 1. The Morgan fingerprint density at radius 2 is 1.21 bits per heavy atom. The number of rotatable bonds is 10. The van der Waals surface area contributed by atoms with Crippen molar-refractivity contribution in [2.45, 2.75) is 47.1 Å². The van der Waals surface area contributed by atoms with Crippen LogP contribution in [0.25, 0.3) is 0 Å². The zero-order valence-electron chi connectivity index (χ0n) is 23.7. The first kappa shape index (κ1) is 34.7. The summed E-state index contributed by atoms with van der Waals surface area (Å²) in [6, 6.07) is 15.1. The van der Waals surface area contributed by atoms with Crippen LogP contribution in [0.1, 0.15) is 63.9 Å². The van der Waals surface area contributed by atoms with Crippen LogP contribution in [0.2, 0.25) is 10.0 Å². The number of aryl methyl sites for hydroxylation is 2. The van der Waals surface area contributed by atoms with Crippen molar-refractivity contribution in [1.29, 1.82) is 0 Å². The molecule has 12 heteroatoms. The number of nitrogens with zero attached hydrogens (tertiary/aromatic N) is 4. The summed E-state index contributed by atoms with van der Waals surface area (Å²) in [4.78, 5) is 27.5. The quantitative estimate of drug-likeness (QED) is 0.202. The van der Waals surface area contributed by atoms with E-state index < -0.39 is 5.97 Å². The summed E-state index contributed by atoms with van der Waals surface area (Å²) >= 11 is 12.4. The second-order valence-electron chi connectivity index (χ2n) is 8.79. The van der Waals surface area contributed by atoms with E-state index in [1.165, 1.54) is 0 Å². The summed E-state index contributed by atoms with van der Waals surface area (Å²) < 4.78 is 11.0. The van der Waals surface area contributed by atoms with Crippen molar-refractivity contribution in [3.63, 3.8) is 0 Å². The van der Waals surface area contributed by atoms with E-state index in [1.54, 1.807) is 13.0 Å². The van der Waals surface area contributed by atoms with Crippen molar-refractivity contribution < 1.29 is 24.5 Å². The van der Waals surface area contributed by atoms with E-state index in [0.29, 0.717) is 59.4 Å². The summed E-state index contributed by atoms with van der Waals surface area (Å²) in [6.07, 6.45) is 1.09. The standard InChI is InChI=1S/C15H15ClN2O3.C15H17ClN2O2.ClH/c1-3-21-14-11(8-10-6-4-5-7-12(10)16)9(2)17-13(18-14)15(19)20;1-3-20-15-12(10(2)17-14(9-19)18-15)8-11-6-4-5-7-13(11)16;/h4-7H,3,8H2,1-2H3,(H,19,20);4-7,19H,3,8-9H2,1-2H3;1H. The first-order valence-electron chi connectivity index (χ1n) is 13.0. The zero-order valence-corrected chi connectivity index (χ0v) is 26.1. The summed E-state index contributed by atoms with van der Waals surface area (Å²) in [5.41, 5.74) is 4.93. The van der Waals surface area contributed by atoms with Crippen LogP contribution in [0, 0.1) is 13.8 Å². The molecule has 0 aliphatic heterocycles. The molecule has 9 nitrogen and oxygen atoms in total. The van der Waals surface area contributed by atoms with E-state index in [2.05, 4.69) is 19.9 Å². The molecular formula is C30H33Cl3N4O5. The lowest BCUT2D eigenvalue weighted by Crippen LogP contribution is -2.11. The highest BCUT2D eigenvalue weighted by Crippen LogP contribution is 2.27. The summed E-state index contributed by atoms with van der Waals surface area (Å²) in [6.45, 7) is 8.04. The minimum atomic E-state index is -1.18. The third kappa shape index (κ3) is 9.25. The topological polar surface area (TPSA) is 128 Å². The number of aromatic carboxylic acids is 1. The van der Waals surface area contributed by atoms with Crippen LogP contribution in [0.3, 0.4) is 0 Å². The average molecular weight is 636 g/mol. The summed E-state index contributed by atoms with van der Waals surface area (Å²) in [5.74, 6) is -0.262. The van der Waals surface area contributed by atoms with Gasteiger partial charge in [0.25, 0.3) is 0 Å². The molecule has 0 aliphatic carbocycles. The van der Waals surface area contributed by atoms with Gasteiger partial charge in [-0.1, -0.05) is 59.6 Å². The van der Waals surface area contributed by atoms with Crippen molar-refractivity contribution in [2.75, 3.05) is 13.2 Å².